The van der Waals surface area contributed by atoms with Crippen molar-refractivity contribution in [3.05, 3.63) is 0 Å². The molecule has 0 saturated heterocycles. The second-order valence-corrected chi connectivity index (χ2v) is 63.2. The first-order chi connectivity index (χ1) is 3.81. The molecule has 0 aliphatic heterocycles. The van der Waals surface area contributed by atoms with Crippen molar-refractivity contribution in [1.82, 2.24) is 0 Å². The van der Waals surface area contributed by atoms with E-state index in [0.29, 0.717) is 0 Å². The van der Waals surface area contributed by atoms with Crippen LogP contribution in [-0.4, -0.2) is 5.75 Å². The molecule has 0 aliphatic carbocycles. The van der Waals surface area contributed by atoms with Crippen molar-refractivity contribution in [2.24, 2.45) is 0 Å². The monoisotopic (exact) mass is 428 g/mol. The number of halogens is 2. The van der Waals surface area contributed by atoms with E-state index in [0.717, 1.165) is 5.75 Å². The number of thiol groups is 3. The van der Waals surface area contributed by atoms with E-state index in [4.69, 9.17) is 0 Å². The maximum atomic E-state index is 4.41. The molecule has 0 atom stereocenters. The standard InChI is InChI=1S/C3H10I2S4/c1-2-3-9-5(4,6,7)8/h6-8H,2-3H2,1H3. The van der Waals surface area contributed by atoms with Crippen LogP contribution in [0.3, 0.4) is 0 Å². The summed E-state index contributed by atoms with van der Waals surface area (Å²) >= 11 is 2.28. The van der Waals surface area contributed by atoms with Crippen molar-refractivity contribution in [3.8, 4) is 0 Å². The Balaban J connectivity index is 3.60. The Morgan fingerprint density at radius 3 is 2.00 bits per heavy atom. The Morgan fingerprint density at radius 2 is 1.89 bits per heavy atom. The predicted molar refractivity (Wildman–Crippen MR) is 77.7 cm³/mol. The van der Waals surface area contributed by atoms with Gasteiger partial charge < -0.3 is 0 Å². The molecule has 9 heavy (non-hydrogen) atoms. The zero-order chi connectivity index (χ0) is 7.57. The Kier molecular flexibility index (Phi) is 5.53. The Labute approximate surface area is 81.9 Å². The zero-order valence-corrected chi connectivity index (χ0v) is 12.7. The fraction of sp³-hybridized carbons (Fsp3) is 1.00. The number of hydrogen-bond acceptors (Lipinski definition) is 4. The van der Waals surface area contributed by atoms with Gasteiger partial charge in [0, 0.05) is 0 Å². The van der Waals surface area contributed by atoms with Crippen LogP contribution < -0.4 is 0 Å². The van der Waals surface area contributed by atoms with E-state index in [-0.39, 0.29) is 0 Å². The summed E-state index contributed by atoms with van der Waals surface area (Å²) in [4.78, 5) is 0. The van der Waals surface area contributed by atoms with Gasteiger partial charge in [0.25, 0.3) is 0 Å². The maximum absolute atomic E-state index is 4.41. The molecule has 0 nitrogen and oxygen atoms in total. The molecule has 0 heterocycles. The molecule has 0 aromatic carbocycles. The van der Waals surface area contributed by atoms with Gasteiger partial charge in [0.15, 0.2) is 0 Å². The molecule has 0 fully saturated rings. The quantitative estimate of drug-likeness (QED) is 0.440. The van der Waals surface area contributed by atoms with Gasteiger partial charge in [-0.3, -0.25) is 0 Å². The fourth-order valence-electron chi connectivity index (χ4n) is 0.210. The van der Waals surface area contributed by atoms with E-state index in [9.17, 15) is 0 Å². The minimum absolute atomic E-state index is 1.12. The van der Waals surface area contributed by atoms with Crippen molar-refractivity contribution < 1.29 is 0 Å². The first-order valence-corrected chi connectivity index (χ1v) is 21.8. The molecule has 0 N–H and O–H groups in total. The van der Waals surface area contributed by atoms with Crippen molar-refractivity contribution in [1.29, 1.82) is 0 Å². The zero-order valence-electron chi connectivity index (χ0n) is 4.92. The van der Waals surface area contributed by atoms with Gasteiger partial charge in [0.05, 0.1) is 0 Å². The summed E-state index contributed by atoms with van der Waals surface area (Å²) in [7, 11) is 12.3. The molecule has 0 spiro atoms. The van der Waals surface area contributed by atoms with Crippen LogP contribution in [0.1, 0.15) is 13.3 Å². The van der Waals surface area contributed by atoms with Crippen molar-refractivity contribution in [2.75, 3.05) is 5.75 Å². The van der Waals surface area contributed by atoms with E-state index in [2.05, 4.69) is 54.9 Å². The SMILES string of the molecule is CCCSI(S)(S)(S)I. The fourth-order valence-corrected chi connectivity index (χ4v) is 11.7. The van der Waals surface area contributed by atoms with Gasteiger partial charge in [-0.25, -0.2) is 0 Å². The molecule has 0 amide bonds. The van der Waals surface area contributed by atoms with Gasteiger partial charge in [-0.2, -0.15) is 0 Å². The third-order valence-corrected chi connectivity index (χ3v) is 16.6. The summed E-state index contributed by atoms with van der Waals surface area (Å²) in [6, 6.07) is 0. The summed E-state index contributed by atoms with van der Waals surface area (Å²) in [6.45, 7) is 2.15. The Hall–Kier alpha value is 2.86. The first-order valence-electron chi connectivity index (χ1n) is 2.30. The predicted octanol–water partition coefficient (Wildman–Crippen LogP) is 4.51. The van der Waals surface area contributed by atoms with Crippen LogP contribution in [0, 0.1) is 0 Å². The van der Waals surface area contributed by atoms with Gasteiger partial charge in [0.2, 0.25) is 0 Å². The molecule has 0 aromatic rings. The van der Waals surface area contributed by atoms with E-state index < -0.39 is 7.53 Å². The van der Waals surface area contributed by atoms with Crippen LogP contribution in [-0.2, 0) is 0 Å². The average molecular weight is 428 g/mol. The number of rotatable bonds is 3. The summed E-state index contributed by atoms with van der Waals surface area (Å²) in [5.41, 5.74) is 0. The van der Waals surface area contributed by atoms with E-state index >= 15 is 0 Å². The molecular formula is C3H10I2S4. The van der Waals surface area contributed by atoms with Gasteiger partial charge in [0.1, 0.15) is 0 Å². The normalized spacial score (nSPS) is 16.8. The molecule has 0 bridgehead atoms. The van der Waals surface area contributed by atoms with Gasteiger partial charge in [-0.1, -0.05) is 0 Å². The second-order valence-electron chi connectivity index (χ2n) is 1.50. The van der Waals surface area contributed by atoms with Crippen molar-refractivity contribution >= 4 is 64.5 Å². The van der Waals surface area contributed by atoms with Crippen molar-refractivity contribution in [3.63, 3.8) is 0 Å². The van der Waals surface area contributed by atoms with Crippen molar-refractivity contribution in [2.45, 2.75) is 13.3 Å². The van der Waals surface area contributed by atoms with Crippen LogP contribution in [0.15, 0.2) is 0 Å². The van der Waals surface area contributed by atoms with Crippen LogP contribution in [0.4, 0.5) is 0 Å². The van der Waals surface area contributed by atoms with Crippen LogP contribution in [0.2, 0.25) is 0 Å². The molecule has 0 radical (unpaired) electrons. The third kappa shape index (κ3) is 10.9. The minimum atomic E-state index is -2.70. The summed E-state index contributed by atoms with van der Waals surface area (Å²) < 4.78 is 0. The van der Waals surface area contributed by atoms with Gasteiger partial charge in [-0.15, -0.1) is 0 Å². The second kappa shape index (κ2) is 4.20. The topological polar surface area (TPSA) is 0 Å². The van der Waals surface area contributed by atoms with Gasteiger partial charge in [-0.05, 0) is 0 Å². The van der Waals surface area contributed by atoms with Crippen LogP contribution in [0.5, 0.6) is 0 Å². The van der Waals surface area contributed by atoms with Crippen LogP contribution in [0.25, 0.3) is 0 Å². The molecule has 6 heteroatoms. The molecule has 0 saturated carbocycles. The summed E-state index contributed by atoms with van der Waals surface area (Å²) in [6.07, 6.45) is 1.17. The molecule has 0 rings (SSSR count). The Bertz CT molecular complexity index is 86.5. The first kappa shape index (κ1) is 11.9. The molecule has 0 aliphatic rings. The summed E-state index contributed by atoms with van der Waals surface area (Å²) in [5.74, 6) is 1.12. The average Bonchev–Trinajstić information content (AvgIpc) is 1.57. The molecule has 60 valence electrons. The van der Waals surface area contributed by atoms with Gasteiger partial charge >= 0.3 is 83.6 Å². The molecular weight excluding hydrogens is 418 g/mol. The molecule has 0 aromatic heterocycles. The third-order valence-electron chi connectivity index (χ3n) is 0.469. The van der Waals surface area contributed by atoms with Crippen LogP contribution >= 0.6 is 64.5 Å². The summed E-state index contributed by atoms with van der Waals surface area (Å²) in [5, 5.41) is 0. The van der Waals surface area contributed by atoms with E-state index in [1.54, 1.807) is 8.93 Å². The van der Waals surface area contributed by atoms with E-state index in [1.807, 2.05) is 0 Å². The molecule has 0 unspecified atom stereocenters. The number of hydrogen-bond donors (Lipinski definition) is 3. The Morgan fingerprint density at radius 1 is 1.44 bits per heavy atom. The van der Waals surface area contributed by atoms with E-state index in [1.165, 1.54) is 6.42 Å².